The number of amides is 1. The molecular formula is C14H14N2O3. The number of nitrogens with zero attached hydrogens (tertiary/aromatic N) is 1. The number of nitriles is 1. The van der Waals surface area contributed by atoms with Crippen molar-refractivity contribution in [3.8, 4) is 6.07 Å². The molecule has 2 atom stereocenters. The summed E-state index contributed by atoms with van der Waals surface area (Å²) in [5.74, 6) is -1.62. The average Bonchev–Trinajstić information content (AvgIpc) is 2.89. The molecule has 0 bridgehead atoms. The predicted octanol–water partition coefficient (Wildman–Crippen LogP) is 2.00. The van der Waals surface area contributed by atoms with E-state index in [2.05, 4.69) is 5.32 Å². The number of carboxylic acids is 1. The molecule has 1 saturated carbocycles. The fourth-order valence-corrected chi connectivity index (χ4v) is 2.32. The lowest BCUT2D eigenvalue weighted by Gasteiger charge is -2.10. The van der Waals surface area contributed by atoms with Crippen molar-refractivity contribution in [2.75, 3.05) is 5.32 Å². The number of rotatable bonds is 3. The van der Waals surface area contributed by atoms with E-state index < -0.39 is 11.9 Å². The lowest BCUT2D eigenvalue weighted by atomic mass is 10.0. The van der Waals surface area contributed by atoms with E-state index in [4.69, 9.17) is 10.4 Å². The van der Waals surface area contributed by atoms with Crippen molar-refractivity contribution in [1.82, 2.24) is 0 Å². The van der Waals surface area contributed by atoms with Crippen molar-refractivity contribution in [3.63, 3.8) is 0 Å². The lowest BCUT2D eigenvalue weighted by molar-refractivity contribution is -0.141. The quantitative estimate of drug-likeness (QED) is 0.867. The van der Waals surface area contributed by atoms with Gasteiger partial charge >= 0.3 is 5.97 Å². The zero-order valence-electron chi connectivity index (χ0n) is 10.3. The summed E-state index contributed by atoms with van der Waals surface area (Å²) in [4.78, 5) is 22.8. The van der Waals surface area contributed by atoms with Gasteiger partial charge in [0.25, 0.3) is 0 Å². The fraction of sp³-hybridized carbons (Fsp3) is 0.357. The van der Waals surface area contributed by atoms with Crippen LogP contribution in [0.3, 0.4) is 0 Å². The lowest BCUT2D eigenvalue weighted by Crippen LogP contribution is -2.21. The molecular weight excluding hydrogens is 244 g/mol. The number of hydrogen-bond donors (Lipinski definition) is 2. The summed E-state index contributed by atoms with van der Waals surface area (Å²) in [5.41, 5.74) is 1.16. The van der Waals surface area contributed by atoms with Gasteiger partial charge in [0.05, 0.1) is 17.6 Å². The molecule has 1 aromatic carbocycles. The summed E-state index contributed by atoms with van der Waals surface area (Å²) in [6.45, 7) is 0. The molecule has 1 amide bonds. The maximum Gasteiger partial charge on any atom is 0.306 e. The van der Waals surface area contributed by atoms with Crippen LogP contribution in [-0.4, -0.2) is 17.0 Å². The zero-order valence-corrected chi connectivity index (χ0v) is 10.3. The van der Waals surface area contributed by atoms with Crippen LogP contribution in [0, 0.1) is 23.2 Å². The maximum atomic E-state index is 12.0. The molecule has 1 aliphatic carbocycles. The van der Waals surface area contributed by atoms with Crippen molar-refractivity contribution >= 4 is 17.6 Å². The SMILES string of the molecule is N#Cc1ccc(NC(=O)[C@@H]2CC[C@H](C(=O)O)C2)cc1. The molecule has 0 aliphatic heterocycles. The first-order valence-corrected chi connectivity index (χ1v) is 6.14. The first-order valence-electron chi connectivity index (χ1n) is 6.14. The Kier molecular flexibility index (Phi) is 3.81. The highest BCUT2D eigenvalue weighted by molar-refractivity contribution is 5.93. The summed E-state index contributed by atoms with van der Waals surface area (Å²) >= 11 is 0. The van der Waals surface area contributed by atoms with Gasteiger partial charge in [-0.1, -0.05) is 0 Å². The van der Waals surface area contributed by atoms with Gasteiger partial charge in [-0.3, -0.25) is 9.59 Å². The molecule has 2 rings (SSSR count). The van der Waals surface area contributed by atoms with Crippen LogP contribution in [0.1, 0.15) is 24.8 Å². The number of carbonyl (C=O) groups excluding carboxylic acids is 1. The van der Waals surface area contributed by atoms with E-state index in [1.807, 2.05) is 6.07 Å². The molecule has 1 aliphatic rings. The van der Waals surface area contributed by atoms with E-state index in [1.54, 1.807) is 24.3 Å². The minimum absolute atomic E-state index is 0.145. The highest BCUT2D eigenvalue weighted by Crippen LogP contribution is 2.31. The van der Waals surface area contributed by atoms with E-state index in [-0.39, 0.29) is 11.8 Å². The van der Waals surface area contributed by atoms with Gasteiger partial charge < -0.3 is 10.4 Å². The smallest absolute Gasteiger partial charge is 0.306 e. The Balaban J connectivity index is 1.94. The van der Waals surface area contributed by atoms with Crippen molar-refractivity contribution in [2.24, 2.45) is 11.8 Å². The molecule has 2 N–H and O–H groups in total. The topological polar surface area (TPSA) is 90.2 Å². The van der Waals surface area contributed by atoms with Crippen LogP contribution >= 0.6 is 0 Å². The maximum absolute atomic E-state index is 12.0. The molecule has 0 aromatic heterocycles. The zero-order chi connectivity index (χ0) is 13.8. The summed E-state index contributed by atoms with van der Waals surface area (Å²) in [5, 5.41) is 20.3. The van der Waals surface area contributed by atoms with Crippen molar-refractivity contribution in [1.29, 1.82) is 5.26 Å². The van der Waals surface area contributed by atoms with Gasteiger partial charge in [-0.05, 0) is 43.5 Å². The van der Waals surface area contributed by atoms with Gasteiger partial charge in [0, 0.05) is 11.6 Å². The van der Waals surface area contributed by atoms with Gasteiger partial charge in [0.1, 0.15) is 0 Å². The third-order valence-electron chi connectivity index (χ3n) is 3.43. The Morgan fingerprint density at radius 2 is 1.84 bits per heavy atom. The molecule has 5 heteroatoms. The summed E-state index contributed by atoms with van der Waals surface area (Å²) < 4.78 is 0. The van der Waals surface area contributed by atoms with Crippen LogP contribution in [0.15, 0.2) is 24.3 Å². The molecule has 19 heavy (non-hydrogen) atoms. The van der Waals surface area contributed by atoms with E-state index >= 15 is 0 Å². The van der Waals surface area contributed by atoms with Crippen LogP contribution in [0.2, 0.25) is 0 Å². The number of aliphatic carboxylic acids is 1. The van der Waals surface area contributed by atoms with Crippen LogP contribution in [0.5, 0.6) is 0 Å². The normalized spacial score (nSPS) is 21.6. The molecule has 5 nitrogen and oxygen atoms in total. The Labute approximate surface area is 110 Å². The molecule has 0 heterocycles. The van der Waals surface area contributed by atoms with Crippen LogP contribution < -0.4 is 5.32 Å². The number of nitrogens with one attached hydrogen (secondary N) is 1. The van der Waals surface area contributed by atoms with Gasteiger partial charge in [-0.25, -0.2) is 0 Å². The summed E-state index contributed by atoms with van der Waals surface area (Å²) in [7, 11) is 0. The Morgan fingerprint density at radius 3 is 2.37 bits per heavy atom. The number of anilines is 1. The van der Waals surface area contributed by atoms with Crippen LogP contribution in [0.4, 0.5) is 5.69 Å². The minimum atomic E-state index is -0.825. The van der Waals surface area contributed by atoms with Crippen LogP contribution in [-0.2, 0) is 9.59 Å². The number of carbonyl (C=O) groups is 2. The monoisotopic (exact) mass is 258 g/mol. The second-order valence-corrected chi connectivity index (χ2v) is 4.72. The minimum Gasteiger partial charge on any atom is -0.481 e. The first-order chi connectivity index (χ1) is 9.10. The standard InChI is InChI=1S/C14H14N2O3/c15-8-9-1-5-12(6-2-9)16-13(17)10-3-4-11(7-10)14(18)19/h1-2,5-6,10-11H,3-4,7H2,(H,16,17)(H,18,19)/t10-,11+/m1/s1. The van der Waals surface area contributed by atoms with Gasteiger partial charge in [-0.2, -0.15) is 5.26 Å². The van der Waals surface area contributed by atoms with E-state index in [1.165, 1.54) is 0 Å². The van der Waals surface area contributed by atoms with Gasteiger partial charge in [0.2, 0.25) is 5.91 Å². The van der Waals surface area contributed by atoms with E-state index in [9.17, 15) is 9.59 Å². The molecule has 0 spiro atoms. The Hall–Kier alpha value is -2.35. The largest absolute Gasteiger partial charge is 0.481 e. The molecule has 98 valence electrons. The third-order valence-corrected chi connectivity index (χ3v) is 3.43. The van der Waals surface area contributed by atoms with E-state index in [0.29, 0.717) is 30.5 Å². The van der Waals surface area contributed by atoms with Gasteiger partial charge in [0.15, 0.2) is 0 Å². The molecule has 0 saturated heterocycles. The summed E-state index contributed by atoms with van der Waals surface area (Å²) in [6.07, 6.45) is 1.57. The Morgan fingerprint density at radius 1 is 1.21 bits per heavy atom. The van der Waals surface area contributed by atoms with E-state index in [0.717, 1.165) is 0 Å². The molecule has 1 fully saturated rings. The highest BCUT2D eigenvalue weighted by Gasteiger charge is 2.33. The number of hydrogen-bond acceptors (Lipinski definition) is 3. The van der Waals surface area contributed by atoms with Crippen molar-refractivity contribution < 1.29 is 14.7 Å². The summed E-state index contributed by atoms with van der Waals surface area (Å²) in [6, 6.07) is 8.59. The average molecular weight is 258 g/mol. The molecule has 0 radical (unpaired) electrons. The van der Waals surface area contributed by atoms with Crippen molar-refractivity contribution in [3.05, 3.63) is 29.8 Å². The second-order valence-electron chi connectivity index (χ2n) is 4.72. The number of carboxylic acid groups (broad SMARTS) is 1. The third kappa shape index (κ3) is 3.10. The molecule has 1 aromatic rings. The second kappa shape index (κ2) is 5.53. The molecule has 0 unspecified atom stereocenters. The Bertz CT molecular complexity index is 531. The number of benzene rings is 1. The van der Waals surface area contributed by atoms with Crippen molar-refractivity contribution in [2.45, 2.75) is 19.3 Å². The van der Waals surface area contributed by atoms with Crippen LogP contribution in [0.25, 0.3) is 0 Å². The fourth-order valence-electron chi connectivity index (χ4n) is 2.32. The first kappa shape index (κ1) is 13.1. The predicted molar refractivity (Wildman–Crippen MR) is 68.3 cm³/mol. The van der Waals surface area contributed by atoms with Gasteiger partial charge in [-0.15, -0.1) is 0 Å². The highest BCUT2D eigenvalue weighted by atomic mass is 16.4.